The molecule has 0 heterocycles. The molecule has 0 saturated carbocycles. The van der Waals surface area contributed by atoms with Crippen LogP contribution in [0.25, 0.3) is 0 Å². The first-order chi connectivity index (χ1) is 15.4. The van der Waals surface area contributed by atoms with E-state index in [1.165, 1.54) is 0 Å². The number of amides is 4. The van der Waals surface area contributed by atoms with E-state index in [-0.39, 0.29) is 12.1 Å². The van der Waals surface area contributed by atoms with Crippen LogP contribution in [-0.2, 0) is 13.1 Å². The Morgan fingerprint density at radius 3 is 1.27 bits per heavy atom. The van der Waals surface area contributed by atoms with Gasteiger partial charge < -0.3 is 20.4 Å². The summed E-state index contributed by atoms with van der Waals surface area (Å²) in [5, 5.41) is 6.60. The highest BCUT2D eigenvalue weighted by Gasteiger charge is 2.18. The Kier molecular flexibility index (Phi) is 12.6. The molecule has 0 spiro atoms. The van der Waals surface area contributed by atoms with Crippen molar-refractivity contribution < 1.29 is 9.59 Å². The molecular formula is C26H45ClN4O2. The Labute approximate surface area is 206 Å². The molecule has 1 rings (SSSR count). The first-order valence-electron chi connectivity index (χ1n) is 12.2. The fraction of sp³-hybridized carbons (Fsp3) is 0.692. The van der Waals surface area contributed by atoms with E-state index >= 15 is 0 Å². The lowest BCUT2D eigenvalue weighted by Crippen LogP contribution is -2.43. The molecule has 0 aromatic heterocycles. The number of hydrogen-bond acceptors (Lipinski definition) is 2. The van der Waals surface area contributed by atoms with Crippen molar-refractivity contribution in [1.29, 1.82) is 0 Å². The molecule has 0 aliphatic rings. The van der Waals surface area contributed by atoms with Crippen LogP contribution < -0.4 is 10.6 Å². The van der Waals surface area contributed by atoms with Crippen molar-refractivity contribution in [2.24, 2.45) is 23.7 Å². The van der Waals surface area contributed by atoms with E-state index < -0.39 is 0 Å². The molecule has 188 valence electrons. The molecule has 0 fully saturated rings. The van der Waals surface area contributed by atoms with Crippen molar-refractivity contribution >= 4 is 23.7 Å². The fourth-order valence-corrected chi connectivity index (χ4v) is 3.97. The number of hydrogen-bond donors (Lipinski definition) is 2. The summed E-state index contributed by atoms with van der Waals surface area (Å²) >= 11 is 6.64. The summed E-state index contributed by atoms with van der Waals surface area (Å²) < 4.78 is 0. The van der Waals surface area contributed by atoms with Gasteiger partial charge >= 0.3 is 12.1 Å². The molecule has 0 aliphatic carbocycles. The Morgan fingerprint density at radius 1 is 0.697 bits per heavy atom. The lowest BCUT2D eigenvalue weighted by molar-refractivity contribution is 0.182. The smallest absolute Gasteiger partial charge is 0.317 e. The minimum Gasteiger partial charge on any atom is -0.334 e. The third kappa shape index (κ3) is 11.1. The molecule has 4 amide bonds. The molecule has 0 atom stereocenters. The molecule has 0 unspecified atom stereocenters. The highest BCUT2D eigenvalue weighted by molar-refractivity contribution is 6.32. The van der Waals surface area contributed by atoms with Crippen molar-refractivity contribution in [2.75, 3.05) is 26.2 Å². The monoisotopic (exact) mass is 480 g/mol. The standard InChI is InChI=1S/C26H45ClN4O2/c1-18(2)14-30(15-19(3)4)25(32)28-12-22-10-9-11-23(24(22)27)13-29-26(33)31(16-20(5)6)17-21(7)8/h9-11,18-21H,12-17H2,1-8H3,(H,28,32)(H,29,33). The second-order valence-electron chi connectivity index (χ2n) is 10.6. The number of urea groups is 2. The van der Waals surface area contributed by atoms with E-state index in [0.717, 1.165) is 11.1 Å². The molecule has 7 heteroatoms. The number of carbonyl (C=O) groups is 2. The minimum absolute atomic E-state index is 0.0785. The molecule has 0 bridgehead atoms. The molecular weight excluding hydrogens is 436 g/mol. The zero-order chi connectivity index (χ0) is 25.1. The lowest BCUT2D eigenvalue weighted by Gasteiger charge is -2.27. The first kappa shape index (κ1) is 29.1. The van der Waals surface area contributed by atoms with Gasteiger partial charge in [0.25, 0.3) is 0 Å². The van der Waals surface area contributed by atoms with Crippen LogP contribution in [0.15, 0.2) is 18.2 Å². The molecule has 6 nitrogen and oxygen atoms in total. The van der Waals surface area contributed by atoms with Crippen LogP contribution >= 0.6 is 11.6 Å². The SMILES string of the molecule is CC(C)CN(CC(C)C)C(=O)NCc1cccc(CNC(=O)N(CC(C)C)CC(C)C)c1Cl. The van der Waals surface area contributed by atoms with E-state index in [2.05, 4.69) is 66.0 Å². The van der Waals surface area contributed by atoms with Crippen LogP contribution in [0, 0.1) is 23.7 Å². The van der Waals surface area contributed by atoms with Crippen LogP contribution in [0.2, 0.25) is 5.02 Å². The van der Waals surface area contributed by atoms with Gasteiger partial charge in [-0.05, 0) is 34.8 Å². The summed E-state index contributed by atoms with van der Waals surface area (Å²) in [4.78, 5) is 29.3. The van der Waals surface area contributed by atoms with Crippen molar-refractivity contribution in [3.05, 3.63) is 34.3 Å². The van der Waals surface area contributed by atoms with Gasteiger partial charge in [0.15, 0.2) is 0 Å². The minimum atomic E-state index is -0.0785. The van der Waals surface area contributed by atoms with Crippen LogP contribution in [0.4, 0.5) is 9.59 Å². The third-order valence-corrected chi connectivity index (χ3v) is 5.42. The van der Waals surface area contributed by atoms with E-state index in [1.807, 2.05) is 28.0 Å². The predicted octanol–water partition coefficient (Wildman–Crippen LogP) is 5.99. The molecule has 1 aromatic rings. The summed E-state index contributed by atoms with van der Waals surface area (Å²) in [5.41, 5.74) is 1.68. The zero-order valence-electron chi connectivity index (χ0n) is 21.9. The molecule has 1 aromatic carbocycles. The van der Waals surface area contributed by atoms with Gasteiger partial charge in [-0.3, -0.25) is 0 Å². The van der Waals surface area contributed by atoms with E-state index in [9.17, 15) is 9.59 Å². The molecule has 0 radical (unpaired) electrons. The maximum absolute atomic E-state index is 12.8. The second-order valence-corrected chi connectivity index (χ2v) is 11.0. The average Bonchev–Trinajstić information content (AvgIpc) is 2.69. The number of halogens is 1. The number of benzene rings is 1. The normalized spacial score (nSPS) is 11.4. The van der Waals surface area contributed by atoms with Crippen LogP contribution in [-0.4, -0.2) is 48.0 Å². The van der Waals surface area contributed by atoms with Crippen molar-refractivity contribution in [3.63, 3.8) is 0 Å². The van der Waals surface area contributed by atoms with Crippen molar-refractivity contribution in [3.8, 4) is 0 Å². The van der Waals surface area contributed by atoms with Gasteiger partial charge in [-0.2, -0.15) is 0 Å². The van der Waals surface area contributed by atoms with Gasteiger partial charge in [0.1, 0.15) is 0 Å². The summed E-state index contributed by atoms with van der Waals surface area (Å²) in [5.74, 6) is 1.60. The quantitative estimate of drug-likeness (QED) is 0.386. The van der Waals surface area contributed by atoms with E-state index in [1.54, 1.807) is 0 Å². The maximum Gasteiger partial charge on any atom is 0.317 e. The Balaban J connectivity index is 2.78. The first-order valence-corrected chi connectivity index (χ1v) is 12.6. The van der Waals surface area contributed by atoms with Gasteiger partial charge in [0.05, 0.1) is 5.02 Å². The molecule has 2 N–H and O–H groups in total. The number of nitrogens with zero attached hydrogens (tertiary/aromatic N) is 2. The molecule has 0 saturated heterocycles. The Hall–Kier alpha value is -1.95. The van der Waals surface area contributed by atoms with Gasteiger partial charge in [-0.25, -0.2) is 9.59 Å². The Morgan fingerprint density at radius 2 is 1.00 bits per heavy atom. The number of carbonyl (C=O) groups excluding carboxylic acids is 2. The fourth-order valence-electron chi connectivity index (χ4n) is 3.72. The maximum atomic E-state index is 12.8. The van der Waals surface area contributed by atoms with Gasteiger partial charge in [-0.1, -0.05) is 85.2 Å². The van der Waals surface area contributed by atoms with Gasteiger partial charge in [0.2, 0.25) is 0 Å². The molecule has 33 heavy (non-hydrogen) atoms. The van der Waals surface area contributed by atoms with Crippen LogP contribution in [0.5, 0.6) is 0 Å². The highest BCUT2D eigenvalue weighted by Crippen LogP contribution is 2.21. The lowest BCUT2D eigenvalue weighted by atomic mass is 10.1. The average molecular weight is 481 g/mol. The van der Waals surface area contributed by atoms with Crippen molar-refractivity contribution in [2.45, 2.75) is 68.5 Å². The summed E-state index contributed by atoms with van der Waals surface area (Å²) in [6.45, 7) is 20.4. The van der Waals surface area contributed by atoms with Crippen molar-refractivity contribution in [1.82, 2.24) is 20.4 Å². The number of nitrogens with one attached hydrogen (secondary N) is 2. The van der Waals surface area contributed by atoms with Gasteiger partial charge in [0, 0.05) is 39.3 Å². The number of rotatable bonds is 12. The topological polar surface area (TPSA) is 64.7 Å². The summed E-state index contributed by atoms with van der Waals surface area (Å²) in [6, 6.07) is 5.57. The largest absolute Gasteiger partial charge is 0.334 e. The predicted molar refractivity (Wildman–Crippen MR) is 138 cm³/mol. The van der Waals surface area contributed by atoms with Gasteiger partial charge in [-0.15, -0.1) is 0 Å². The molecule has 0 aliphatic heterocycles. The Bertz CT molecular complexity index is 672. The second kappa shape index (κ2) is 14.3. The van der Waals surface area contributed by atoms with Crippen LogP contribution in [0.3, 0.4) is 0 Å². The third-order valence-electron chi connectivity index (χ3n) is 4.94. The van der Waals surface area contributed by atoms with E-state index in [4.69, 9.17) is 11.6 Å². The van der Waals surface area contributed by atoms with E-state index in [0.29, 0.717) is 68.0 Å². The summed E-state index contributed by atoms with van der Waals surface area (Å²) in [6.07, 6.45) is 0. The highest BCUT2D eigenvalue weighted by atomic mass is 35.5. The zero-order valence-corrected chi connectivity index (χ0v) is 22.6. The summed E-state index contributed by atoms with van der Waals surface area (Å²) in [7, 11) is 0. The van der Waals surface area contributed by atoms with Crippen LogP contribution in [0.1, 0.15) is 66.5 Å².